The van der Waals surface area contributed by atoms with Crippen LogP contribution in [-0.4, -0.2) is 38.1 Å². The summed E-state index contributed by atoms with van der Waals surface area (Å²) < 4.78 is 29.8. The molecule has 2 aromatic heterocycles. The minimum atomic E-state index is -3.71. The molecule has 0 radical (unpaired) electrons. The van der Waals surface area contributed by atoms with Crippen molar-refractivity contribution in [3.05, 3.63) is 57.9 Å². The minimum absolute atomic E-state index is 0.142. The van der Waals surface area contributed by atoms with Crippen molar-refractivity contribution in [3.63, 3.8) is 0 Å². The predicted molar refractivity (Wildman–Crippen MR) is 112 cm³/mol. The fourth-order valence-corrected chi connectivity index (χ4v) is 4.11. The number of anilines is 1. The molecule has 0 spiro atoms. The zero-order valence-electron chi connectivity index (χ0n) is 15.8. The van der Waals surface area contributed by atoms with Crippen molar-refractivity contribution in [3.8, 4) is 0 Å². The van der Waals surface area contributed by atoms with E-state index in [0.717, 1.165) is 23.2 Å². The molecule has 0 fully saturated rings. The Hall–Kier alpha value is -2.98. The number of ether oxygens (including phenoxy) is 1. The van der Waals surface area contributed by atoms with Gasteiger partial charge in [0.05, 0.1) is 24.1 Å². The summed E-state index contributed by atoms with van der Waals surface area (Å²) in [4.78, 5) is 29.1. The average Bonchev–Trinajstić information content (AvgIpc) is 3.10. The summed E-state index contributed by atoms with van der Waals surface area (Å²) in [6.07, 6.45) is 2.23. The molecule has 0 aliphatic carbocycles. The number of benzene rings is 1. The molecule has 10 heteroatoms. The molecule has 3 rings (SSSR count). The van der Waals surface area contributed by atoms with Gasteiger partial charge < -0.3 is 10.1 Å². The summed E-state index contributed by atoms with van der Waals surface area (Å²) in [5.41, 5.74) is 2.02. The van der Waals surface area contributed by atoms with Gasteiger partial charge in [-0.2, -0.15) is 0 Å². The lowest BCUT2D eigenvalue weighted by molar-refractivity contribution is 0.0527. The molecule has 0 aliphatic heterocycles. The molecule has 29 heavy (non-hydrogen) atoms. The Bertz CT molecular complexity index is 1160. The van der Waals surface area contributed by atoms with Crippen LogP contribution >= 0.6 is 11.3 Å². The van der Waals surface area contributed by atoms with E-state index in [-0.39, 0.29) is 17.0 Å². The van der Waals surface area contributed by atoms with E-state index in [1.165, 1.54) is 6.20 Å². The zero-order valence-corrected chi connectivity index (χ0v) is 17.4. The molecular formula is C19H19N3O5S2. The number of aromatic nitrogens is 1. The lowest BCUT2D eigenvalue weighted by Crippen LogP contribution is -2.28. The molecule has 1 amide bonds. The summed E-state index contributed by atoms with van der Waals surface area (Å²) >= 11 is 1.05. The number of thiophene rings is 1. The number of pyridine rings is 1. The SMILES string of the molecule is CCOC(=O)c1cnc2c(C(=O)NS(C)(=O)=O)scc2c1NCc1ccccc1. The number of esters is 1. The van der Waals surface area contributed by atoms with Gasteiger partial charge in [0.15, 0.2) is 0 Å². The van der Waals surface area contributed by atoms with E-state index in [4.69, 9.17) is 4.74 Å². The molecule has 0 bridgehead atoms. The van der Waals surface area contributed by atoms with Crippen LogP contribution in [0.3, 0.4) is 0 Å². The molecule has 0 atom stereocenters. The minimum Gasteiger partial charge on any atom is -0.462 e. The Kier molecular flexibility index (Phi) is 6.14. The van der Waals surface area contributed by atoms with Crippen LogP contribution in [0.25, 0.3) is 10.9 Å². The number of sulfonamides is 1. The van der Waals surface area contributed by atoms with E-state index in [0.29, 0.717) is 23.1 Å². The lowest BCUT2D eigenvalue weighted by Gasteiger charge is -2.13. The fourth-order valence-electron chi connectivity index (χ4n) is 2.71. The normalized spacial score (nSPS) is 11.2. The molecule has 0 saturated heterocycles. The summed E-state index contributed by atoms with van der Waals surface area (Å²) in [5.74, 6) is -1.30. The van der Waals surface area contributed by atoms with Crippen LogP contribution in [-0.2, 0) is 21.3 Å². The molecular weight excluding hydrogens is 414 g/mol. The van der Waals surface area contributed by atoms with Crippen molar-refractivity contribution in [2.24, 2.45) is 0 Å². The molecule has 2 N–H and O–H groups in total. The highest BCUT2D eigenvalue weighted by Gasteiger charge is 2.23. The van der Waals surface area contributed by atoms with Crippen LogP contribution in [0.4, 0.5) is 5.69 Å². The monoisotopic (exact) mass is 433 g/mol. The fraction of sp³-hybridized carbons (Fsp3) is 0.211. The molecule has 0 unspecified atom stereocenters. The summed E-state index contributed by atoms with van der Waals surface area (Å²) in [6, 6.07) is 9.60. The topological polar surface area (TPSA) is 114 Å². The van der Waals surface area contributed by atoms with Crippen LogP contribution in [0.5, 0.6) is 0 Å². The molecule has 2 heterocycles. The molecule has 1 aromatic carbocycles. The van der Waals surface area contributed by atoms with E-state index in [1.54, 1.807) is 12.3 Å². The van der Waals surface area contributed by atoms with E-state index in [9.17, 15) is 18.0 Å². The van der Waals surface area contributed by atoms with Crippen LogP contribution in [0, 0.1) is 0 Å². The smallest absolute Gasteiger partial charge is 0.341 e. The first-order valence-corrected chi connectivity index (χ1v) is 11.4. The van der Waals surface area contributed by atoms with Gasteiger partial charge in [0.1, 0.15) is 10.4 Å². The van der Waals surface area contributed by atoms with Gasteiger partial charge in [-0.1, -0.05) is 30.3 Å². The Morgan fingerprint density at radius 2 is 1.93 bits per heavy atom. The summed E-state index contributed by atoms with van der Waals surface area (Å²) in [7, 11) is -3.71. The zero-order chi connectivity index (χ0) is 21.0. The van der Waals surface area contributed by atoms with Crippen molar-refractivity contribution < 1.29 is 22.7 Å². The Morgan fingerprint density at radius 1 is 1.21 bits per heavy atom. The Morgan fingerprint density at radius 3 is 2.59 bits per heavy atom. The first kappa shape index (κ1) is 20.7. The standard InChI is InChI=1S/C19H19N3O5S2/c1-3-27-19(24)13-10-21-16-14(11-28-17(16)18(23)22-29(2,25)26)15(13)20-9-12-7-5-4-6-8-12/h4-8,10-11,20H,3,9H2,1-2H3,(H,22,23). The van der Waals surface area contributed by atoms with Crippen molar-refractivity contribution in [1.82, 2.24) is 9.71 Å². The Labute approximate surface area is 172 Å². The van der Waals surface area contributed by atoms with Crippen LogP contribution in [0.1, 0.15) is 32.5 Å². The van der Waals surface area contributed by atoms with Gasteiger partial charge in [0.25, 0.3) is 5.91 Å². The summed E-state index contributed by atoms with van der Waals surface area (Å²) in [5, 5.41) is 5.43. The third-order valence-electron chi connectivity index (χ3n) is 3.92. The van der Waals surface area contributed by atoms with Crippen LogP contribution in [0.15, 0.2) is 41.9 Å². The van der Waals surface area contributed by atoms with E-state index >= 15 is 0 Å². The van der Waals surface area contributed by atoms with E-state index in [1.807, 2.05) is 35.1 Å². The van der Waals surface area contributed by atoms with Crippen molar-refractivity contribution >= 4 is 49.8 Å². The number of hydrogen-bond donors (Lipinski definition) is 2. The van der Waals surface area contributed by atoms with Crippen LogP contribution in [0.2, 0.25) is 0 Å². The van der Waals surface area contributed by atoms with Gasteiger partial charge >= 0.3 is 5.97 Å². The largest absolute Gasteiger partial charge is 0.462 e. The number of carbonyl (C=O) groups excluding carboxylic acids is 2. The first-order valence-electron chi connectivity index (χ1n) is 8.67. The van der Waals surface area contributed by atoms with Gasteiger partial charge in [-0.25, -0.2) is 17.9 Å². The molecule has 0 saturated carbocycles. The highest BCUT2D eigenvalue weighted by atomic mass is 32.2. The van der Waals surface area contributed by atoms with E-state index < -0.39 is 21.9 Å². The highest BCUT2D eigenvalue weighted by molar-refractivity contribution is 7.89. The molecule has 8 nitrogen and oxygen atoms in total. The van der Waals surface area contributed by atoms with E-state index in [2.05, 4.69) is 10.3 Å². The second kappa shape index (κ2) is 8.58. The number of nitrogens with zero attached hydrogens (tertiary/aromatic N) is 1. The number of nitrogens with one attached hydrogen (secondary N) is 2. The van der Waals surface area contributed by atoms with Gasteiger partial charge in [0, 0.05) is 23.5 Å². The maximum Gasteiger partial charge on any atom is 0.341 e. The molecule has 152 valence electrons. The highest BCUT2D eigenvalue weighted by Crippen LogP contribution is 2.33. The maximum absolute atomic E-state index is 12.4. The van der Waals surface area contributed by atoms with Gasteiger partial charge in [-0.05, 0) is 12.5 Å². The molecule has 0 aliphatic rings. The van der Waals surface area contributed by atoms with Crippen molar-refractivity contribution in [2.75, 3.05) is 18.2 Å². The summed E-state index contributed by atoms with van der Waals surface area (Å²) in [6.45, 7) is 2.35. The number of rotatable bonds is 7. The van der Waals surface area contributed by atoms with Gasteiger partial charge in [0.2, 0.25) is 10.0 Å². The number of amides is 1. The third kappa shape index (κ3) is 4.90. The number of carbonyl (C=O) groups is 2. The second-order valence-corrected chi connectivity index (χ2v) is 8.77. The van der Waals surface area contributed by atoms with Crippen LogP contribution < -0.4 is 10.0 Å². The molecule has 3 aromatic rings. The lowest BCUT2D eigenvalue weighted by atomic mass is 10.1. The predicted octanol–water partition coefficient (Wildman–Crippen LogP) is 2.77. The second-order valence-electron chi connectivity index (χ2n) is 6.14. The average molecular weight is 434 g/mol. The van der Waals surface area contributed by atoms with Gasteiger partial charge in [-0.3, -0.25) is 9.78 Å². The maximum atomic E-state index is 12.4. The van der Waals surface area contributed by atoms with Crippen molar-refractivity contribution in [2.45, 2.75) is 13.5 Å². The Balaban J connectivity index is 2.04. The quantitative estimate of drug-likeness (QED) is 0.551. The number of fused-ring (bicyclic) bond motifs is 1. The van der Waals surface area contributed by atoms with Gasteiger partial charge in [-0.15, -0.1) is 11.3 Å². The van der Waals surface area contributed by atoms with Crippen molar-refractivity contribution in [1.29, 1.82) is 0 Å². The first-order chi connectivity index (χ1) is 13.8. The number of hydrogen-bond acceptors (Lipinski definition) is 8. The third-order valence-corrected chi connectivity index (χ3v) is 5.44.